The molecule has 0 atom stereocenters. The highest BCUT2D eigenvalue weighted by atomic mass is 32.1. The van der Waals surface area contributed by atoms with Gasteiger partial charge in [0.2, 0.25) is 0 Å². The number of rotatable bonds is 5. The van der Waals surface area contributed by atoms with Crippen LogP contribution in [0.25, 0.3) is 85.9 Å². The minimum atomic E-state index is 0.909. The summed E-state index contributed by atoms with van der Waals surface area (Å²) in [5, 5.41) is 9.68. The summed E-state index contributed by atoms with van der Waals surface area (Å²) in [6.45, 7) is 0. The van der Waals surface area contributed by atoms with Gasteiger partial charge in [0, 0.05) is 43.0 Å². The van der Waals surface area contributed by atoms with Gasteiger partial charge in [-0.1, -0.05) is 140 Å². The van der Waals surface area contributed by atoms with E-state index in [1.165, 1.54) is 58.7 Å². The first-order chi connectivity index (χ1) is 26.3. The van der Waals surface area contributed by atoms with Crippen LogP contribution in [0.15, 0.2) is 192 Å². The molecule has 0 radical (unpaired) electrons. The maximum atomic E-state index is 6.53. The molecule has 3 heteroatoms. The monoisotopic (exact) mass is 693 g/mol. The number of hydrogen-bond donors (Lipinski definition) is 0. The first-order valence-corrected chi connectivity index (χ1v) is 18.8. The molecule has 2 nitrogen and oxygen atoms in total. The molecule has 2 heterocycles. The van der Waals surface area contributed by atoms with E-state index in [2.05, 4.69) is 187 Å². The number of furan rings is 1. The Hall–Kier alpha value is -6.68. The van der Waals surface area contributed by atoms with Crippen molar-refractivity contribution in [3.63, 3.8) is 0 Å². The van der Waals surface area contributed by atoms with Gasteiger partial charge in [-0.25, -0.2) is 0 Å². The topological polar surface area (TPSA) is 16.4 Å². The first kappa shape index (κ1) is 30.0. The van der Waals surface area contributed by atoms with Crippen molar-refractivity contribution in [2.75, 3.05) is 4.90 Å². The van der Waals surface area contributed by atoms with Crippen LogP contribution < -0.4 is 4.90 Å². The lowest BCUT2D eigenvalue weighted by molar-refractivity contribution is 0.673. The zero-order chi connectivity index (χ0) is 34.9. The van der Waals surface area contributed by atoms with Crippen LogP contribution in [-0.4, -0.2) is 0 Å². The average Bonchev–Trinajstić information content (AvgIpc) is 3.81. The second-order valence-electron chi connectivity index (χ2n) is 13.7. The van der Waals surface area contributed by atoms with E-state index in [4.69, 9.17) is 4.42 Å². The SMILES string of the molecule is c1ccc2c(-c3ccc(N(c4ccc(-c5cc6ccccc6c6oc7ccccc7c56)cc4)c4cccc5c4sc4ccccc45)cc3)cccc2c1. The summed E-state index contributed by atoms with van der Waals surface area (Å²) < 4.78 is 9.10. The van der Waals surface area contributed by atoms with Crippen LogP contribution in [0.5, 0.6) is 0 Å². The Morgan fingerprint density at radius 2 is 1.00 bits per heavy atom. The van der Waals surface area contributed by atoms with E-state index >= 15 is 0 Å². The molecule has 0 spiro atoms. The number of thiophene rings is 1. The molecule has 0 saturated carbocycles. The normalized spacial score (nSPS) is 11.8. The fourth-order valence-electron chi connectivity index (χ4n) is 8.18. The molecule has 9 aromatic carbocycles. The fourth-order valence-corrected chi connectivity index (χ4v) is 9.39. The van der Waals surface area contributed by atoms with Crippen LogP contribution in [0.1, 0.15) is 0 Å². The number of anilines is 3. The Bertz CT molecular complexity index is 3160. The third-order valence-electron chi connectivity index (χ3n) is 10.7. The highest BCUT2D eigenvalue weighted by Gasteiger charge is 2.20. The maximum absolute atomic E-state index is 6.53. The Labute approximate surface area is 310 Å². The maximum Gasteiger partial charge on any atom is 0.143 e. The first-order valence-electron chi connectivity index (χ1n) is 18.0. The predicted octanol–water partition coefficient (Wildman–Crippen LogP) is 15.1. The lowest BCUT2D eigenvalue weighted by atomic mass is 9.95. The quantitative estimate of drug-likeness (QED) is 0.178. The Morgan fingerprint density at radius 3 is 1.79 bits per heavy atom. The molecule has 0 amide bonds. The van der Waals surface area contributed by atoms with Gasteiger partial charge in [-0.15, -0.1) is 11.3 Å². The number of nitrogens with zero attached hydrogens (tertiary/aromatic N) is 1. The predicted molar refractivity (Wildman–Crippen MR) is 227 cm³/mol. The van der Waals surface area contributed by atoms with Crippen molar-refractivity contribution in [2.24, 2.45) is 0 Å². The van der Waals surface area contributed by atoms with Gasteiger partial charge < -0.3 is 9.32 Å². The van der Waals surface area contributed by atoms with Crippen LogP contribution in [0, 0.1) is 0 Å². The third-order valence-corrected chi connectivity index (χ3v) is 11.9. The molecule has 0 aliphatic rings. The van der Waals surface area contributed by atoms with Gasteiger partial charge in [0.15, 0.2) is 0 Å². The van der Waals surface area contributed by atoms with Crippen LogP contribution in [0.3, 0.4) is 0 Å². The minimum Gasteiger partial charge on any atom is -0.455 e. The number of para-hydroxylation sites is 1. The van der Waals surface area contributed by atoms with Gasteiger partial charge in [-0.3, -0.25) is 0 Å². The van der Waals surface area contributed by atoms with E-state index in [9.17, 15) is 0 Å². The van der Waals surface area contributed by atoms with E-state index < -0.39 is 0 Å². The van der Waals surface area contributed by atoms with Crippen LogP contribution in [0.4, 0.5) is 17.1 Å². The zero-order valence-corrected chi connectivity index (χ0v) is 29.5. The lowest BCUT2D eigenvalue weighted by Gasteiger charge is -2.26. The summed E-state index contributed by atoms with van der Waals surface area (Å²) in [4.78, 5) is 2.41. The molecule has 0 aliphatic carbocycles. The van der Waals surface area contributed by atoms with Crippen molar-refractivity contribution in [1.82, 2.24) is 0 Å². The Morgan fingerprint density at radius 1 is 0.415 bits per heavy atom. The second-order valence-corrected chi connectivity index (χ2v) is 14.7. The molecule has 0 saturated heterocycles. The highest BCUT2D eigenvalue weighted by Crippen LogP contribution is 2.46. The van der Waals surface area contributed by atoms with Gasteiger partial charge >= 0.3 is 0 Å². The molecule has 0 N–H and O–H groups in total. The number of benzene rings is 9. The van der Waals surface area contributed by atoms with Gasteiger partial charge in [-0.05, 0) is 86.9 Å². The van der Waals surface area contributed by atoms with Crippen molar-refractivity contribution in [3.8, 4) is 22.3 Å². The smallest absolute Gasteiger partial charge is 0.143 e. The van der Waals surface area contributed by atoms with Crippen molar-refractivity contribution < 1.29 is 4.42 Å². The second kappa shape index (κ2) is 11.9. The van der Waals surface area contributed by atoms with Gasteiger partial charge in [0.05, 0.1) is 10.4 Å². The standard InChI is InChI=1S/C50H31NOS/c1-3-14-38-32(11-1)13-9-18-39(38)33-23-27-36(28-24-33)51(45-20-10-19-42-41-16-6-8-22-47(41)53-50(42)45)37-29-25-34(26-30-37)44-31-35-12-2-4-15-40(35)49-48(44)43-17-5-7-21-46(43)52-49/h1-31H. The van der Waals surface area contributed by atoms with E-state index in [1.54, 1.807) is 0 Å². The lowest BCUT2D eigenvalue weighted by Crippen LogP contribution is -2.10. The van der Waals surface area contributed by atoms with Gasteiger partial charge in [0.25, 0.3) is 0 Å². The average molecular weight is 694 g/mol. The summed E-state index contributed by atoms with van der Waals surface area (Å²) in [5.74, 6) is 0. The summed E-state index contributed by atoms with van der Waals surface area (Å²) in [7, 11) is 0. The molecule has 0 bridgehead atoms. The molecule has 0 fully saturated rings. The third kappa shape index (κ3) is 4.78. The zero-order valence-electron chi connectivity index (χ0n) is 28.7. The van der Waals surface area contributed by atoms with Gasteiger partial charge in [-0.2, -0.15) is 0 Å². The summed E-state index contributed by atoms with van der Waals surface area (Å²) in [6.07, 6.45) is 0. The largest absolute Gasteiger partial charge is 0.455 e. The molecular weight excluding hydrogens is 663 g/mol. The highest BCUT2D eigenvalue weighted by molar-refractivity contribution is 7.26. The van der Waals surface area contributed by atoms with Crippen molar-refractivity contribution in [3.05, 3.63) is 188 Å². The molecule has 2 aromatic heterocycles. The molecular formula is C50H31NOS. The summed E-state index contributed by atoms with van der Waals surface area (Å²) >= 11 is 1.86. The van der Waals surface area contributed by atoms with Crippen LogP contribution >= 0.6 is 11.3 Å². The van der Waals surface area contributed by atoms with Crippen LogP contribution in [-0.2, 0) is 0 Å². The van der Waals surface area contributed by atoms with Gasteiger partial charge in [0.1, 0.15) is 11.2 Å². The molecule has 11 aromatic rings. The summed E-state index contributed by atoms with van der Waals surface area (Å²) in [6, 6.07) is 67.9. The van der Waals surface area contributed by atoms with E-state index in [0.717, 1.165) is 44.3 Å². The minimum absolute atomic E-state index is 0.909. The van der Waals surface area contributed by atoms with E-state index in [1.807, 2.05) is 17.4 Å². The molecule has 0 unspecified atom stereocenters. The fraction of sp³-hybridized carbons (Fsp3) is 0. The molecule has 11 rings (SSSR count). The van der Waals surface area contributed by atoms with E-state index in [0.29, 0.717) is 0 Å². The van der Waals surface area contributed by atoms with Crippen LogP contribution in [0.2, 0.25) is 0 Å². The summed E-state index contributed by atoms with van der Waals surface area (Å²) in [5.41, 5.74) is 10.0. The number of fused-ring (bicyclic) bond motifs is 9. The molecule has 53 heavy (non-hydrogen) atoms. The van der Waals surface area contributed by atoms with Crippen molar-refractivity contribution in [1.29, 1.82) is 0 Å². The molecule has 0 aliphatic heterocycles. The Kier molecular flexibility index (Phi) is 6.76. The Balaban J connectivity index is 1.09. The van der Waals surface area contributed by atoms with E-state index in [-0.39, 0.29) is 0 Å². The number of hydrogen-bond acceptors (Lipinski definition) is 3. The molecule has 248 valence electrons. The van der Waals surface area contributed by atoms with Crippen molar-refractivity contribution >= 4 is 92.1 Å². The van der Waals surface area contributed by atoms with Crippen molar-refractivity contribution in [2.45, 2.75) is 0 Å².